The molecule has 4 nitrogen and oxygen atoms in total. The molecule has 1 aliphatic heterocycles. The lowest BCUT2D eigenvalue weighted by Gasteiger charge is -2.48. The van der Waals surface area contributed by atoms with Crippen LogP contribution in [0.3, 0.4) is 0 Å². The number of hydrogen-bond acceptors (Lipinski definition) is 4. The molecule has 130 valence electrons. The van der Waals surface area contributed by atoms with Crippen molar-refractivity contribution in [3.05, 3.63) is 30.3 Å². The highest BCUT2D eigenvalue weighted by molar-refractivity contribution is 7.91. The van der Waals surface area contributed by atoms with E-state index in [-0.39, 0.29) is 5.22 Å². The van der Waals surface area contributed by atoms with Gasteiger partial charge in [-0.05, 0) is 48.6 Å². The molecule has 0 aliphatic carbocycles. The van der Waals surface area contributed by atoms with Gasteiger partial charge in [0.2, 0.25) is 0 Å². The zero-order chi connectivity index (χ0) is 16.8. The van der Waals surface area contributed by atoms with Crippen molar-refractivity contribution in [2.75, 3.05) is 27.1 Å². The molecule has 1 heterocycles. The van der Waals surface area contributed by atoms with E-state index in [4.69, 9.17) is 13.6 Å². The molecule has 1 aromatic carbocycles. The van der Waals surface area contributed by atoms with Crippen molar-refractivity contribution in [2.45, 2.75) is 48.3 Å². The van der Waals surface area contributed by atoms with Crippen LogP contribution < -0.4 is 0 Å². The maximum absolute atomic E-state index is 12.4. The van der Waals surface area contributed by atoms with Gasteiger partial charge >= 0.3 is 8.56 Å². The van der Waals surface area contributed by atoms with Gasteiger partial charge in [-0.25, -0.2) is 0 Å². The number of ether oxygens (including phenoxy) is 1. The highest BCUT2D eigenvalue weighted by Crippen LogP contribution is 2.42. The maximum atomic E-state index is 12.4. The highest BCUT2D eigenvalue weighted by Gasteiger charge is 2.58. The van der Waals surface area contributed by atoms with Crippen LogP contribution in [0, 0.1) is 0 Å². The zero-order valence-corrected chi connectivity index (χ0v) is 16.2. The topological polar surface area (TPSA) is 50.8 Å². The van der Waals surface area contributed by atoms with Gasteiger partial charge in [-0.3, -0.25) is 0 Å². The summed E-state index contributed by atoms with van der Waals surface area (Å²) < 4.78 is 30.2. The van der Waals surface area contributed by atoms with Gasteiger partial charge in [0.05, 0.1) is 0 Å². The van der Waals surface area contributed by atoms with Gasteiger partial charge in [0, 0.05) is 21.3 Å². The number of rotatable bonds is 8. The molecule has 23 heavy (non-hydrogen) atoms. The molecule has 2 unspecified atom stereocenters. The molecule has 0 spiro atoms. The minimum absolute atomic E-state index is 0.324. The number of benzene rings is 1. The van der Waals surface area contributed by atoms with Gasteiger partial charge in [0.25, 0.3) is 0 Å². The molecular weight excluding hydrogens is 328 g/mol. The van der Waals surface area contributed by atoms with Crippen molar-refractivity contribution in [3.63, 3.8) is 0 Å². The fraction of sp³-hybridized carbons (Fsp3) is 0.647. The van der Waals surface area contributed by atoms with Gasteiger partial charge < -0.3 is 18.1 Å². The largest absolute Gasteiger partial charge is 0.611 e. The molecule has 2 atom stereocenters. The van der Waals surface area contributed by atoms with Crippen molar-refractivity contribution >= 4 is 19.7 Å². The predicted molar refractivity (Wildman–Crippen MR) is 95.1 cm³/mol. The molecule has 1 fully saturated rings. The van der Waals surface area contributed by atoms with Crippen LogP contribution in [0.1, 0.15) is 32.1 Å². The average molecular weight is 357 g/mol. The molecular formula is C17H28O4SSi. The third-order valence-electron chi connectivity index (χ3n) is 5.00. The normalized spacial score (nSPS) is 25.2. The van der Waals surface area contributed by atoms with Gasteiger partial charge in [-0.2, -0.15) is 0 Å². The Kier molecular flexibility index (Phi) is 7.12. The van der Waals surface area contributed by atoms with Crippen LogP contribution in [0.15, 0.2) is 35.2 Å². The lowest BCUT2D eigenvalue weighted by Crippen LogP contribution is -2.64. The smallest absolute Gasteiger partial charge is 0.370 e. The van der Waals surface area contributed by atoms with Gasteiger partial charge in [-0.15, -0.1) is 0 Å². The summed E-state index contributed by atoms with van der Waals surface area (Å²) in [5.41, 5.74) is 0. The SMILES string of the molecule is COC1(CCC[S+]([O-])c2ccccc2)CCCC[Si]1(OC)OC. The number of methoxy groups -OCH3 is 1. The monoisotopic (exact) mass is 356 g/mol. The van der Waals surface area contributed by atoms with E-state index in [9.17, 15) is 4.55 Å². The molecule has 0 bridgehead atoms. The van der Waals surface area contributed by atoms with Crippen LogP contribution in [-0.2, 0) is 24.8 Å². The van der Waals surface area contributed by atoms with E-state index in [0.717, 1.165) is 43.0 Å². The van der Waals surface area contributed by atoms with Crippen molar-refractivity contribution in [3.8, 4) is 0 Å². The lowest BCUT2D eigenvalue weighted by molar-refractivity contribution is -0.0148. The molecule has 0 saturated carbocycles. The van der Waals surface area contributed by atoms with Gasteiger partial charge in [-0.1, -0.05) is 31.0 Å². The molecule has 1 saturated heterocycles. The quantitative estimate of drug-likeness (QED) is 0.529. The first-order valence-corrected chi connectivity index (χ1v) is 11.6. The molecule has 0 aromatic heterocycles. The minimum Gasteiger partial charge on any atom is -0.611 e. The first-order chi connectivity index (χ1) is 11.1. The second-order valence-electron chi connectivity index (χ2n) is 6.03. The maximum Gasteiger partial charge on any atom is 0.370 e. The van der Waals surface area contributed by atoms with Crippen LogP contribution in [-0.4, -0.2) is 45.4 Å². The molecule has 0 amide bonds. The fourth-order valence-electron chi connectivity index (χ4n) is 3.70. The summed E-state index contributed by atoms with van der Waals surface area (Å²) in [7, 11) is 2.87. The van der Waals surface area contributed by atoms with Crippen LogP contribution in [0.25, 0.3) is 0 Å². The summed E-state index contributed by atoms with van der Waals surface area (Å²) in [6, 6.07) is 10.6. The van der Waals surface area contributed by atoms with E-state index in [1.54, 1.807) is 21.3 Å². The number of hydrogen-bond donors (Lipinski definition) is 0. The van der Waals surface area contributed by atoms with Gasteiger partial charge in [0.15, 0.2) is 4.90 Å². The summed E-state index contributed by atoms with van der Waals surface area (Å²) in [5, 5.41) is -0.324. The second kappa shape index (κ2) is 8.64. The van der Waals surface area contributed by atoms with Crippen molar-refractivity contribution in [1.82, 2.24) is 0 Å². The molecule has 2 rings (SSSR count). The molecule has 1 aromatic rings. The average Bonchev–Trinajstić information content (AvgIpc) is 2.62. The Morgan fingerprint density at radius 1 is 1.13 bits per heavy atom. The lowest BCUT2D eigenvalue weighted by atomic mass is 10.1. The standard InChI is InChI=1S/C17H28O4SSi/c1-19-17(12-7-8-15-23(17,20-2)21-3)13-9-14-22(18)16-10-5-4-6-11-16/h4-6,10-11H,7-9,12-15H2,1-3H3. The summed E-state index contributed by atoms with van der Waals surface area (Å²) in [6.45, 7) is 0. The Morgan fingerprint density at radius 3 is 2.43 bits per heavy atom. The summed E-state index contributed by atoms with van der Waals surface area (Å²) in [4.78, 5) is 0.893. The molecule has 0 radical (unpaired) electrons. The van der Waals surface area contributed by atoms with Crippen LogP contribution in [0.4, 0.5) is 0 Å². The van der Waals surface area contributed by atoms with Crippen molar-refractivity contribution in [2.24, 2.45) is 0 Å². The summed E-state index contributed by atoms with van der Waals surface area (Å²) in [6.07, 6.45) is 4.92. The first-order valence-electron chi connectivity index (χ1n) is 8.22. The van der Waals surface area contributed by atoms with E-state index >= 15 is 0 Å². The molecule has 1 aliphatic rings. The van der Waals surface area contributed by atoms with E-state index in [1.165, 1.54) is 0 Å². The molecule has 0 N–H and O–H groups in total. The Balaban J connectivity index is 2.00. The zero-order valence-electron chi connectivity index (χ0n) is 14.4. The van der Waals surface area contributed by atoms with E-state index in [0.29, 0.717) is 5.75 Å². The Morgan fingerprint density at radius 2 is 1.83 bits per heavy atom. The van der Waals surface area contributed by atoms with Crippen molar-refractivity contribution in [1.29, 1.82) is 0 Å². The summed E-state index contributed by atoms with van der Waals surface area (Å²) >= 11 is -0.958. The Labute approximate surface area is 144 Å². The van der Waals surface area contributed by atoms with E-state index in [1.807, 2.05) is 30.3 Å². The van der Waals surface area contributed by atoms with Gasteiger partial charge in [0.1, 0.15) is 11.0 Å². The van der Waals surface area contributed by atoms with E-state index in [2.05, 4.69) is 0 Å². The van der Waals surface area contributed by atoms with Crippen LogP contribution in [0.2, 0.25) is 6.04 Å². The Hall–Kier alpha value is -0.373. The third-order valence-corrected chi connectivity index (χ3v) is 10.9. The van der Waals surface area contributed by atoms with Crippen LogP contribution in [0.5, 0.6) is 0 Å². The predicted octanol–water partition coefficient (Wildman–Crippen LogP) is 3.42. The van der Waals surface area contributed by atoms with Crippen LogP contribution >= 0.6 is 0 Å². The van der Waals surface area contributed by atoms with E-state index < -0.39 is 19.7 Å². The first kappa shape index (κ1) is 19.0. The Bertz CT molecular complexity index is 469. The second-order valence-corrected chi connectivity index (χ2v) is 11.3. The highest BCUT2D eigenvalue weighted by atomic mass is 32.2. The molecule has 6 heteroatoms. The summed E-state index contributed by atoms with van der Waals surface area (Å²) in [5.74, 6) is 0.646. The third kappa shape index (κ3) is 4.00. The minimum atomic E-state index is -2.38. The fourth-order valence-corrected chi connectivity index (χ4v) is 8.72. The van der Waals surface area contributed by atoms with Crippen molar-refractivity contribution < 1.29 is 18.1 Å².